The molecule has 1 aromatic carbocycles. The fourth-order valence-electron chi connectivity index (χ4n) is 1.13. The molecule has 0 aliphatic rings. The Balaban J connectivity index is 2.38. The number of benzene rings is 1. The highest BCUT2D eigenvalue weighted by molar-refractivity contribution is 7.77. The van der Waals surface area contributed by atoms with E-state index in [1.165, 1.54) is 0 Å². The molecule has 0 amide bonds. The van der Waals surface area contributed by atoms with Crippen LogP contribution < -0.4 is 15.8 Å². The summed E-state index contributed by atoms with van der Waals surface area (Å²) in [5, 5.41) is 3.10. The van der Waals surface area contributed by atoms with Crippen molar-refractivity contribution in [3.8, 4) is 0 Å². The van der Waals surface area contributed by atoms with Crippen LogP contribution in [0.15, 0.2) is 18.2 Å². The van der Waals surface area contributed by atoms with Gasteiger partial charge in [-0.25, -0.2) is 8.93 Å². The summed E-state index contributed by atoms with van der Waals surface area (Å²) < 4.78 is 21.1. The van der Waals surface area contributed by atoms with Crippen molar-refractivity contribution in [2.75, 3.05) is 24.1 Å². The van der Waals surface area contributed by atoms with Crippen LogP contribution in [0.1, 0.15) is 5.56 Å². The van der Waals surface area contributed by atoms with Gasteiger partial charge in [-0.1, -0.05) is 0 Å². The standard InChI is InChI=1S/C9H15N3O2S/c1-7-6-8(2-3-9(7)10)11-4-5-12-15(13)14/h2-3,6,11-12H,4-5,10H2,1H3,(H,13,14). The molecule has 1 atom stereocenters. The minimum absolute atomic E-state index is 0.423. The number of hydrogen-bond acceptors (Lipinski definition) is 3. The first-order valence-electron chi connectivity index (χ1n) is 4.54. The lowest BCUT2D eigenvalue weighted by Gasteiger charge is -2.08. The normalized spacial score (nSPS) is 12.4. The van der Waals surface area contributed by atoms with E-state index in [1.54, 1.807) is 0 Å². The van der Waals surface area contributed by atoms with Crippen molar-refractivity contribution < 1.29 is 8.76 Å². The summed E-state index contributed by atoms with van der Waals surface area (Å²) in [7, 11) is 0. The van der Waals surface area contributed by atoms with Crippen molar-refractivity contribution in [3.63, 3.8) is 0 Å². The Kier molecular flexibility index (Phi) is 4.54. The molecule has 0 bridgehead atoms. The predicted octanol–water partition coefficient (Wildman–Crippen LogP) is 0.715. The first kappa shape index (κ1) is 12.0. The van der Waals surface area contributed by atoms with E-state index >= 15 is 0 Å². The lowest BCUT2D eigenvalue weighted by atomic mass is 10.2. The van der Waals surface area contributed by atoms with Crippen LogP contribution in [0.4, 0.5) is 11.4 Å². The molecule has 5 N–H and O–H groups in total. The molecular weight excluding hydrogens is 214 g/mol. The first-order chi connectivity index (χ1) is 7.09. The Bertz CT molecular complexity index is 357. The van der Waals surface area contributed by atoms with Crippen LogP contribution in [0.5, 0.6) is 0 Å². The number of nitrogens with one attached hydrogen (secondary N) is 2. The highest BCUT2D eigenvalue weighted by atomic mass is 32.2. The molecule has 1 unspecified atom stereocenters. The van der Waals surface area contributed by atoms with E-state index in [2.05, 4.69) is 10.0 Å². The Morgan fingerprint density at radius 1 is 1.47 bits per heavy atom. The molecule has 0 aromatic heterocycles. The molecule has 15 heavy (non-hydrogen) atoms. The van der Waals surface area contributed by atoms with E-state index in [0.29, 0.717) is 13.1 Å². The van der Waals surface area contributed by atoms with Gasteiger partial charge in [0.05, 0.1) is 0 Å². The maximum atomic E-state index is 10.3. The van der Waals surface area contributed by atoms with Gasteiger partial charge in [-0.3, -0.25) is 4.55 Å². The van der Waals surface area contributed by atoms with Crippen molar-refractivity contribution in [1.29, 1.82) is 0 Å². The molecule has 0 saturated carbocycles. The molecule has 1 rings (SSSR count). The third-order valence-electron chi connectivity index (χ3n) is 1.95. The summed E-state index contributed by atoms with van der Waals surface area (Å²) in [6.45, 7) is 2.93. The number of hydrogen-bond donors (Lipinski definition) is 4. The first-order valence-corrected chi connectivity index (χ1v) is 5.64. The molecule has 6 heteroatoms. The monoisotopic (exact) mass is 229 g/mol. The average molecular weight is 229 g/mol. The van der Waals surface area contributed by atoms with Gasteiger partial charge in [0.1, 0.15) is 0 Å². The van der Waals surface area contributed by atoms with E-state index in [-0.39, 0.29) is 0 Å². The Morgan fingerprint density at radius 3 is 2.80 bits per heavy atom. The fraction of sp³-hybridized carbons (Fsp3) is 0.333. The lowest BCUT2D eigenvalue weighted by molar-refractivity contribution is 0.550. The van der Waals surface area contributed by atoms with Crippen molar-refractivity contribution in [3.05, 3.63) is 23.8 Å². The summed E-state index contributed by atoms with van der Waals surface area (Å²) in [5.41, 5.74) is 8.39. The summed E-state index contributed by atoms with van der Waals surface area (Å²) >= 11 is -1.94. The SMILES string of the molecule is Cc1cc(NCCNS(=O)O)ccc1N. The molecule has 1 aromatic rings. The van der Waals surface area contributed by atoms with Gasteiger partial charge < -0.3 is 11.1 Å². The second-order valence-corrected chi connectivity index (χ2v) is 3.93. The summed E-state index contributed by atoms with van der Waals surface area (Å²) in [4.78, 5) is 0. The van der Waals surface area contributed by atoms with Gasteiger partial charge in [0.2, 0.25) is 11.3 Å². The van der Waals surface area contributed by atoms with Gasteiger partial charge in [-0.05, 0) is 30.7 Å². The minimum Gasteiger partial charge on any atom is -0.399 e. The van der Waals surface area contributed by atoms with Crippen molar-refractivity contribution in [2.45, 2.75) is 6.92 Å². The summed E-state index contributed by atoms with van der Waals surface area (Å²) in [6.07, 6.45) is 0. The van der Waals surface area contributed by atoms with Crippen LogP contribution in [0.2, 0.25) is 0 Å². The van der Waals surface area contributed by atoms with Crippen molar-refractivity contribution in [1.82, 2.24) is 4.72 Å². The zero-order valence-corrected chi connectivity index (χ0v) is 9.30. The van der Waals surface area contributed by atoms with E-state index in [9.17, 15) is 4.21 Å². The van der Waals surface area contributed by atoms with Crippen LogP contribution in [0.3, 0.4) is 0 Å². The quantitative estimate of drug-likeness (QED) is 0.340. The number of nitrogen functional groups attached to an aromatic ring is 1. The number of rotatable bonds is 5. The molecule has 0 aliphatic heterocycles. The average Bonchev–Trinajstić information content (AvgIpc) is 2.18. The smallest absolute Gasteiger partial charge is 0.231 e. The molecule has 84 valence electrons. The van der Waals surface area contributed by atoms with Gasteiger partial charge in [0.15, 0.2) is 0 Å². The maximum absolute atomic E-state index is 10.3. The molecule has 0 radical (unpaired) electrons. The molecule has 0 fully saturated rings. The van der Waals surface area contributed by atoms with Crippen LogP contribution in [0, 0.1) is 6.92 Å². The second kappa shape index (κ2) is 5.69. The van der Waals surface area contributed by atoms with Crippen LogP contribution in [-0.2, 0) is 11.3 Å². The molecule has 5 nitrogen and oxygen atoms in total. The number of nitrogens with two attached hydrogens (primary N) is 1. The van der Waals surface area contributed by atoms with Gasteiger partial charge >= 0.3 is 0 Å². The van der Waals surface area contributed by atoms with E-state index < -0.39 is 11.3 Å². The highest BCUT2D eigenvalue weighted by Gasteiger charge is 1.96. The van der Waals surface area contributed by atoms with Crippen molar-refractivity contribution >= 4 is 22.6 Å². The Labute approximate surface area is 91.5 Å². The fourth-order valence-corrected chi connectivity index (χ4v) is 1.41. The van der Waals surface area contributed by atoms with E-state index in [1.807, 2.05) is 25.1 Å². The van der Waals surface area contributed by atoms with Crippen molar-refractivity contribution in [2.24, 2.45) is 0 Å². The summed E-state index contributed by atoms with van der Waals surface area (Å²) in [6, 6.07) is 5.64. The molecule has 0 heterocycles. The van der Waals surface area contributed by atoms with Crippen LogP contribution in [-0.4, -0.2) is 21.9 Å². The zero-order valence-electron chi connectivity index (χ0n) is 8.49. The zero-order chi connectivity index (χ0) is 11.3. The third kappa shape index (κ3) is 4.28. The largest absolute Gasteiger partial charge is 0.399 e. The highest BCUT2D eigenvalue weighted by Crippen LogP contribution is 2.15. The number of anilines is 2. The topological polar surface area (TPSA) is 87.4 Å². The van der Waals surface area contributed by atoms with Gasteiger partial charge in [0.25, 0.3) is 0 Å². The van der Waals surface area contributed by atoms with E-state index in [4.69, 9.17) is 10.3 Å². The predicted molar refractivity (Wildman–Crippen MR) is 62.9 cm³/mol. The molecule has 0 saturated heterocycles. The van der Waals surface area contributed by atoms with Gasteiger partial charge in [-0.15, -0.1) is 0 Å². The molecule has 0 spiro atoms. The second-order valence-electron chi connectivity index (χ2n) is 3.14. The maximum Gasteiger partial charge on any atom is 0.231 e. The summed E-state index contributed by atoms with van der Waals surface area (Å²) in [5.74, 6) is 0. The Hall–Kier alpha value is -1.11. The minimum atomic E-state index is -1.94. The molecular formula is C9H15N3O2S. The van der Waals surface area contributed by atoms with Gasteiger partial charge in [0, 0.05) is 24.5 Å². The Morgan fingerprint density at radius 2 is 2.20 bits per heavy atom. The molecule has 0 aliphatic carbocycles. The number of aryl methyl sites for hydroxylation is 1. The van der Waals surface area contributed by atoms with Crippen LogP contribution in [0.25, 0.3) is 0 Å². The van der Waals surface area contributed by atoms with Gasteiger partial charge in [-0.2, -0.15) is 0 Å². The third-order valence-corrected chi connectivity index (χ3v) is 2.40. The van der Waals surface area contributed by atoms with Crippen LogP contribution >= 0.6 is 0 Å². The van der Waals surface area contributed by atoms with E-state index in [0.717, 1.165) is 16.9 Å². The lowest BCUT2D eigenvalue weighted by Crippen LogP contribution is -2.23.